The van der Waals surface area contributed by atoms with Crippen LogP contribution in [0.5, 0.6) is 0 Å². The minimum absolute atomic E-state index is 1.37. The zero-order valence-corrected chi connectivity index (χ0v) is 132. The SMILES string of the molecule is S=S=S=S=S=S=S=S=S=S=S=S=S=S=S=S=S=S=S=S=S=S=S=S=S=S=S=S=S=S=S=S=S=S=S=S=S=S=S=S=S=S=S=S=S=S=S=S=S=S=S=S=S=S=S=S=S=S=S=S=S=S=S=S=S=S=S=S=S=S=S=S=S=S=S=S=S=S=S=S=S=S=S=S=S=S=S=S=S=S=S=S=S=S=S=S=S=S=S=S=S=S=S=S=S=S=S=S. The molecule has 0 bridgehead atoms. The fraction of sp³-hybridized carbons (Fsp3) is 0. The molecule has 0 amide bonds. The summed E-state index contributed by atoms with van der Waals surface area (Å²) in [6.45, 7) is 0. The van der Waals surface area contributed by atoms with Crippen molar-refractivity contribution in [3.8, 4) is 0 Å². The van der Waals surface area contributed by atoms with E-state index < -0.39 is 0 Å². The first-order valence-corrected chi connectivity index (χ1v) is 160. The number of rotatable bonds is 0. The van der Waals surface area contributed by atoms with Crippen molar-refractivity contribution >= 4 is 964 Å². The third-order valence-electron chi connectivity index (χ3n) is 2.92. The Kier molecular flexibility index (Phi) is 160. The quantitative estimate of drug-likeness (QED) is 0.329. The molecule has 0 N–H and O–H groups in total. The second-order valence-corrected chi connectivity index (χ2v) is 195. The highest BCUT2D eigenvalue weighted by molar-refractivity contribution is 8.88. The van der Waals surface area contributed by atoms with Gasteiger partial charge in [0.15, 0.2) is 0 Å². The van der Waals surface area contributed by atoms with Gasteiger partial charge in [-0.1, -0.05) is 0 Å². The fourth-order valence-corrected chi connectivity index (χ4v) is 287. The van der Waals surface area contributed by atoms with Gasteiger partial charge in [0.25, 0.3) is 0 Å². The average Bonchev–Trinajstić information content (AvgIpc) is 3.89. The normalized spacial score (nSPS) is 7.89. The predicted molar refractivity (Wildman–Crippen MR) is 795 cm³/mol. The summed E-state index contributed by atoms with van der Waals surface area (Å²) in [4.78, 5) is 0. The predicted octanol–water partition coefficient (Wildman–Crippen LogP) is -0.259. The summed E-state index contributed by atoms with van der Waals surface area (Å²) in [5.74, 6) is 0. The molecule has 0 aromatic heterocycles. The molecule has 0 spiro atoms. The lowest BCUT2D eigenvalue weighted by atomic mass is 30.7. The maximum atomic E-state index is 4.83. The van der Waals surface area contributed by atoms with Gasteiger partial charge in [0, 0.05) is 964 Å². The van der Waals surface area contributed by atoms with Crippen molar-refractivity contribution in [2.45, 2.75) is 0 Å². The van der Waals surface area contributed by atoms with Crippen LogP contribution in [0.15, 0.2) is 0 Å². The highest BCUT2D eigenvalue weighted by atomic mass is 33.6. The molecule has 0 rings (SSSR count). The van der Waals surface area contributed by atoms with Gasteiger partial charge in [-0.15, -0.1) is 0 Å². The van der Waals surface area contributed by atoms with E-state index in [1.807, 2.05) is 817 Å². The molecule has 0 aromatic carbocycles. The van der Waals surface area contributed by atoms with Gasteiger partial charge >= 0.3 is 0 Å². The minimum Gasteiger partial charge on any atom is 0 e. The van der Waals surface area contributed by atoms with E-state index in [9.17, 15) is 0 Å². The molecule has 648 valence electrons. The van der Waals surface area contributed by atoms with E-state index in [0.29, 0.717) is 0 Å². The second kappa shape index (κ2) is 131. The van der Waals surface area contributed by atoms with Gasteiger partial charge in [-0.2, -0.15) is 0 Å². The van der Waals surface area contributed by atoms with E-state index in [1.54, 1.807) is 107 Å². The summed E-state index contributed by atoms with van der Waals surface area (Å²) < 4.78 is 0. The first-order valence-electron chi connectivity index (χ1n) is 17.8. The zero-order valence-electron chi connectivity index (χ0n) is 44.1. The summed E-state index contributed by atoms with van der Waals surface area (Å²) in [5, 5.41) is 0. The molecule has 108 heteroatoms. The Balaban J connectivity index is 6.19. The monoisotopic (exact) mass is 3450 g/mol. The van der Waals surface area contributed by atoms with Gasteiger partial charge in [-0.05, 0) is 0 Å². The van der Waals surface area contributed by atoms with Gasteiger partial charge in [-0.25, -0.2) is 0 Å². The van der Waals surface area contributed by atoms with Crippen molar-refractivity contribution in [2.75, 3.05) is 0 Å². The van der Waals surface area contributed by atoms with Crippen molar-refractivity contribution in [1.29, 1.82) is 0 Å². The van der Waals surface area contributed by atoms with Crippen LogP contribution >= 0.6 is 0 Å². The Morgan fingerprint density at radius 2 is 0.0741 bits per heavy atom. The first kappa shape index (κ1) is 132. The molecule has 0 saturated carbocycles. The molecule has 0 aliphatic rings. The van der Waals surface area contributed by atoms with E-state index in [2.05, 4.69) is 0 Å². The zero-order chi connectivity index (χ0) is 77.0. The summed E-state index contributed by atoms with van der Waals surface area (Å²) in [5.41, 5.74) is 0. The molecular formula is S108. The van der Waals surface area contributed by atoms with E-state index >= 15 is 0 Å². The Bertz CT molecular complexity index is 8150. The van der Waals surface area contributed by atoms with Crippen LogP contribution in [0.3, 0.4) is 0 Å². The van der Waals surface area contributed by atoms with Crippen molar-refractivity contribution in [2.24, 2.45) is 0 Å². The first-order chi connectivity index (χ1) is 53.9. The topological polar surface area (TPSA) is 0 Å². The number of hydrogen-bond donors (Lipinski definition) is 0. The van der Waals surface area contributed by atoms with Crippen molar-refractivity contribution < 1.29 is 0 Å². The summed E-state index contributed by atoms with van der Waals surface area (Å²) >= 11 is 9.66. The van der Waals surface area contributed by atoms with Crippen LogP contribution in [0.4, 0.5) is 0 Å². The van der Waals surface area contributed by atoms with Crippen LogP contribution in [0.25, 0.3) is 0 Å². The summed E-state index contributed by atoms with van der Waals surface area (Å²) in [6.07, 6.45) is 0. The lowest BCUT2D eigenvalue weighted by Crippen LogP contribution is -1.42. The summed E-state index contributed by atoms with van der Waals surface area (Å²) in [7, 11) is 192. The molecule has 0 aliphatic carbocycles. The molecule has 0 saturated heterocycles. The second-order valence-electron chi connectivity index (χ2n) is 7.21. The van der Waals surface area contributed by atoms with Crippen LogP contribution in [-0.2, 0) is 964 Å². The minimum atomic E-state index is 1.37. The van der Waals surface area contributed by atoms with E-state index in [-0.39, 0.29) is 0 Å². The van der Waals surface area contributed by atoms with Crippen molar-refractivity contribution in [3.05, 3.63) is 0 Å². The lowest BCUT2D eigenvalue weighted by molar-refractivity contribution is 5.95. The van der Waals surface area contributed by atoms with Crippen molar-refractivity contribution in [1.82, 2.24) is 0 Å². The van der Waals surface area contributed by atoms with Gasteiger partial charge < -0.3 is 0 Å². The van der Waals surface area contributed by atoms with Crippen LogP contribution < -0.4 is 0 Å². The van der Waals surface area contributed by atoms with Crippen molar-refractivity contribution in [3.63, 3.8) is 0 Å². The maximum Gasteiger partial charge on any atom is 0 e. The van der Waals surface area contributed by atoms with Crippen LogP contribution in [0.1, 0.15) is 0 Å². The third-order valence-corrected chi connectivity index (χ3v) is 236. The van der Waals surface area contributed by atoms with E-state index in [1.165, 1.54) is 17.8 Å². The molecule has 0 radical (unpaired) electrons. The average molecular weight is 3460 g/mol. The Morgan fingerprint density at radius 1 is 0.0463 bits per heavy atom. The largest absolute Gasteiger partial charge is 0 e. The molecule has 0 aliphatic heterocycles. The highest BCUT2D eigenvalue weighted by Crippen LogP contribution is 1.51. The van der Waals surface area contributed by atoms with Crippen LogP contribution in [0, 0.1) is 0 Å². The van der Waals surface area contributed by atoms with Gasteiger partial charge in [-0.3, -0.25) is 0 Å². The summed E-state index contributed by atoms with van der Waals surface area (Å²) in [6, 6.07) is 0. The molecule has 0 heterocycles. The highest BCUT2D eigenvalue weighted by Gasteiger charge is 1.51. The van der Waals surface area contributed by atoms with E-state index in [4.69, 9.17) is 22.4 Å². The fourth-order valence-electron chi connectivity index (χ4n) is 1.18. The molecule has 0 aromatic rings. The van der Waals surface area contributed by atoms with E-state index in [0.717, 1.165) is 0 Å². The molecule has 0 unspecified atom stereocenters. The van der Waals surface area contributed by atoms with Gasteiger partial charge in [0.1, 0.15) is 0 Å². The smallest absolute Gasteiger partial charge is 0 e. The van der Waals surface area contributed by atoms with Gasteiger partial charge in [0.05, 0.1) is 0 Å². The van der Waals surface area contributed by atoms with Gasteiger partial charge in [0.2, 0.25) is 0 Å². The Morgan fingerprint density at radius 3 is 0.102 bits per heavy atom. The van der Waals surface area contributed by atoms with Crippen LogP contribution in [-0.4, -0.2) is 0 Å². The molecule has 0 atom stereocenters. The Hall–Kier alpha value is 23.8. The molecular weight excluding hydrogens is 3460 g/mol. The standard InChI is InChI=1S/S108/c1-3-5-7-9-11-13-15-17-19-21-23-25-27-29-31-33-35-37-39-41-43-45-47-49-51-53-55-57-59-61-63-65-67-69-71-73-75-77-79-81-83-85-87-89-91-93-95-97-99-101-103-105-107-108-106-104-102-100-98-96-94-92-90-88-86-84-82-80-78-76-74-72-70-68-66-64-62-60-58-56-54-52-50-48-46-44-42-40-38-36-34-32-30-28-26-24-22-20-18-16-14-12-10-8-6-4-2. The Labute approximate surface area is 932 Å². The maximum absolute atomic E-state index is 4.83. The van der Waals surface area contributed by atoms with Crippen LogP contribution in [0.2, 0.25) is 0 Å². The third kappa shape index (κ3) is 130. The lowest BCUT2D eigenvalue weighted by Gasteiger charge is -1.41. The molecule has 0 fully saturated rings. The molecule has 108 heavy (non-hydrogen) atoms. The number of hydrogen-bond acceptors (Lipinski definition) is 2. The molecule has 0 nitrogen and oxygen atoms in total.